The van der Waals surface area contributed by atoms with E-state index in [0.29, 0.717) is 11.8 Å². The van der Waals surface area contributed by atoms with Crippen LogP contribution in [-0.2, 0) is 10.5 Å². The van der Waals surface area contributed by atoms with Crippen molar-refractivity contribution in [2.24, 2.45) is 0 Å². The van der Waals surface area contributed by atoms with Gasteiger partial charge in [-0.25, -0.2) is 18.6 Å². The molecular formula is C18H14F2N4O5S. The smallest absolute Gasteiger partial charge is 0.373 e. The molecule has 2 heterocycles. The fraction of sp³-hybridized carbons (Fsp3) is 0.111. The molecule has 0 fully saturated rings. The number of aromatic amines is 1. The molecule has 1 amide bonds. The molecule has 0 aliphatic carbocycles. The zero-order valence-electron chi connectivity index (χ0n) is 15.3. The standard InChI is InChI=1S/C18H14F2N4O5S/c1-28-17(27)12-5-3-9(29-12)7-30-18-23-14(21)13(16(26)24-18)22-15(25)8-2-4-10(19)11(20)6-8/h2-6H,7H2,1H3,(H,22,25)(H3,21,23,24,26). The van der Waals surface area contributed by atoms with Crippen molar-refractivity contribution in [2.45, 2.75) is 10.9 Å². The van der Waals surface area contributed by atoms with E-state index in [1.807, 2.05) is 0 Å². The summed E-state index contributed by atoms with van der Waals surface area (Å²) in [6.07, 6.45) is 0. The molecule has 30 heavy (non-hydrogen) atoms. The second-order valence-corrected chi connectivity index (χ2v) is 6.72. The van der Waals surface area contributed by atoms with Crippen LogP contribution >= 0.6 is 11.8 Å². The van der Waals surface area contributed by atoms with Crippen molar-refractivity contribution in [3.63, 3.8) is 0 Å². The summed E-state index contributed by atoms with van der Waals surface area (Å²) in [5, 5.41) is 2.36. The summed E-state index contributed by atoms with van der Waals surface area (Å²) in [6.45, 7) is 0. The van der Waals surface area contributed by atoms with Gasteiger partial charge in [0.1, 0.15) is 11.4 Å². The Balaban J connectivity index is 1.71. The summed E-state index contributed by atoms with van der Waals surface area (Å²) in [4.78, 5) is 42.2. The number of furan rings is 1. The number of H-pyrrole nitrogens is 1. The van der Waals surface area contributed by atoms with E-state index in [9.17, 15) is 23.2 Å². The van der Waals surface area contributed by atoms with Gasteiger partial charge in [-0.2, -0.15) is 0 Å². The highest BCUT2D eigenvalue weighted by Crippen LogP contribution is 2.23. The fourth-order valence-electron chi connectivity index (χ4n) is 2.29. The van der Waals surface area contributed by atoms with Crippen LogP contribution in [0.25, 0.3) is 0 Å². The number of nitrogens with one attached hydrogen (secondary N) is 2. The normalized spacial score (nSPS) is 10.6. The first kappa shape index (κ1) is 21.0. The maximum atomic E-state index is 13.3. The minimum absolute atomic E-state index is 0.0318. The van der Waals surface area contributed by atoms with Gasteiger partial charge in [-0.1, -0.05) is 11.8 Å². The van der Waals surface area contributed by atoms with Crippen molar-refractivity contribution < 1.29 is 27.5 Å². The summed E-state index contributed by atoms with van der Waals surface area (Å²) in [5.41, 5.74) is 4.48. The van der Waals surface area contributed by atoms with Crippen LogP contribution in [0.4, 0.5) is 20.3 Å². The number of hydrogen-bond acceptors (Lipinski definition) is 8. The molecule has 0 spiro atoms. The predicted octanol–water partition coefficient (Wildman–Crippen LogP) is 2.55. The first-order valence-electron chi connectivity index (χ1n) is 8.24. The first-order chi connectivity index (χ1) is 14.3. The molecule has 0 bridgehead atoms. The van der Waals surface area contributed by atoms with E-state index in [0.717, 1.165) is 23.9 Å². The quantitative estimate of drug-likeness (QED) is 0.304. The minimum Gasteiger partial charge on any atom is -0.463 e. The summed E-state index contributed by atoms with van der Waals surface area (Å²) in [7, 11) is 1.23. The summed E-state index contributed by atoms with van der Waals surface area (Å²) < 4.78 is 36.1. The molecular weight excluding hydrogens is 422 g/mol. The van der Waals surface area contributed by atoms with Gasteiger partial charge in [-0.3, -0.25) is 14.6 Å². The lowest BCUT2D eigenvalue weighted by molar-refractivity contribution is 0.0563. The third-order valence-electron chi connectivity index (χ3n) is 3.75. The SMILES string of the molecule is COC(=O)c1ccc(CSc2nc(N)c(NC(=O)c3ccc(F)c(F)c3)c(=O)[nH]2)o1. The number of rotatable bonds is 6. The molecule has 3 aromatic rings. The highest BCUT2D eigenvalue weighted by atomic mass is 32.2. The Morgan fingerprint density at radius 3 is 2.70 bits per heavy atom. The Bertz CT molecular complexity index is 1180. The Morgan fingerprint density at radius 2 is 2.03 bits per heavy atom. The van der Waals surface area contributed by atoms with E-state index in [1.54, 1.807) is 6.07 Å². The molecule has 0 aliphatic heterocycles. The summed E-state index contributed by atoms with van der Waals surface area (Å²) in [6, 6.07) is 5.55. The van der Waals surface area contributed by atoms with Gasteiger partial charge in [-0.05, 0) is 30.3 Å². The number of halogens is 2. The van der Waals surface area contributed by atoms with Crippen LogP contribution < -0.4 is 16.6 Å². The monoisotopic (exact) mass is 436 g/mol. The number of nitrogen functional groups attached to an aromatic ring is 1. The number of aromatic nitrogens is 2. The van der Waals surface area contributed by atoms with Gasteiger partial charge < -0.3 is 20.2 Å². The van der Waals surface area contributed by atoms with Gasteiger partial charge in [-0.15, -0.1) is 0 Å². The van der Waals surface area contributed by atoms with Crippen molar-refractivity contribution in [1.82, 2.24) is 9.97 Å². The summed E-state index contributed by atoms with van der Waals surface area (Å²) >= 11 is 1.07. The van der Waals surface area contributed by atoms with E-state index < -0.39 is 29.1 Å². The molecule has 4 N–H and O–H groups in total. The molecule has 0 atom stereocenters. The lowest BCUT2D eigenvalue weighted by atomic mass is 10.2. The zero-order valence-corrected chi connectivity index (χ0v) is 16.1. The van der Waals surface area contributed by atoms with Crippen LogP contribution in [0.2, 0.25) is 0 Å². The Hall–Kier alpha value is -3.67. The second kappa shape index (κ2) is 8.78. The van der Waals surface area contributed by atoms with Crippen molar-refractivity contribution in [2.75, 3.05) is 18.2 Å². The zero-order chi connectivity index (χ0) is 21.8. The van der Waals surface area contributed by atoms with E-state index in [4.69, 9.17) is 10.2 Å². The fourth-order valence-corrected chi connectivity index (χ4v) is 3.05. The maximum absolute atomic E-state index is 13.3. The molecule has 12 heteroatoms. The van der Waals surface area contributed by atoms with Crippen molar-refractivity contribution in [3.05, 3.63) is 69.4 Å². The average molecular weight is 436 g/mol. The average Bonchev–Trinajstić information content (AvgIpc) is 3.19. The third kappa shape index (κ3) is 4.66. The van der Waals surface area contributed by atoms with Crippen molar-refractivity contribution >= 4 is 35.1 Å². The number of amides is 1. The van der Waals surface area contributed by atoms with Crippen LogP contribution in [0.3, 0.4) is 0 Å². The van der Waals surface area contributed by atoms with E-state index >= 15 is 0 Å². The molecule has 156 valence electrons. The minimum atomic E-state index is -1.21. The molecule has 0 saturated carbocycles. The Morgan fingerprint density at radius 1 is 1.27 bits per heavy atom. The number of thioether (sulfide) groups is 1. The maximum Gasteiger partial charge on any atom is 0.373 e. The second-order valence-electron chi connectivity index (χ2n) is 5.76. The third-order valence-corrected chi connectivity index (χ3v) is 4.64. The Labute approximate surface area is 171 Å². The predicted molar refractivity (Wildman–Crippen MR) is 103 cm³/mol. The number of anilines is 2. The highest BCUT2D eigenvalue weighted by molar-refractivity contribution is 7.98. The number of esters is 1. The van der Waals surface area contributed by atoms with Gasteiger partial charge in [0.25, 0.3) is 11.5 Å². The van der Waals surface area contributed by atoms with Crippen LogP contribution in [0.15, 0.2) is 44.7 Å². The topological polar surface area (TPSA) is 140 Å². The number of nitrogens with zero attached hydrogens (tertiary/aromatic N) is 1. The molecule has 0 aliphatic rings. The van der Waals surface area contributed by atoms with Crippen molar-refractivity contribution in [3.8, 4) is 0 Å². The van der Waals surface area contributed by atoms with Gasteiger partial charge in [0.05, 0.1) is 12.9 Å². The van der Waals surface area contributed by atoms with Gasteiger partial charge in [0.15, 0.2) is 22.6 Å². The molecule has 9 nitrogen and oxygen atoms in total. The number of carbonyl (C=O) groups excluding carboxylic acids is 2. The molecule has 2 aromatic heterocycles. The number of nitrogens with two attached hydrogens (primary N) is 1. The number of hydrogen-bond donors (Lipinski definition) is 3. The Kier molecular flexibility index (Phi) is 6.16. The molecule has 0 radical (unpaired) electrons. The van der Waals surface area contributed by atoms with Crippen LogP contribution in [0.5, 0.6) is 0 Å². The molecule has 1 aromatic carbocycles. The van der Waals surface area contributed by atoms with E-state index in [2.05, 4.69) is 20.0 Å². The first-order valence-corrected chi connectivity index (χ1v) is 9.23. The molecule has 0 unspecified atom stereocenters. The van der Waals surface area contributed by atoms with Gasteiger partial charge in [0.2, 0.25) is 5.76 Å². The van der Waals surface area contributed by atoms with Crippen LogP contribution in [-0.4, -0.2) is 29.0 Å². The summed E-state index contributed by atoms with van der Waals surface area (Å²) in [5.74, 6) is -3.39. The van der Waals surface area contributed by atoms with Crippen LogP contribution in [0, 0.1) is 11.6 Å². The number of methoxy groups -OCH3 is 1. The molecule has 3 rings (SSSR count). The number of carbonyl (C=O) groups is 2. The van der Waals surface area contributed by atoms with Gasteiger partial charge in [0, 0.05) is 5.56 Å². The van der Waals surface area contributed by atoms with Gasteiger partial charge >= 0.3 is 5.97 Å². The van der Waals surface area contributed by atoms with Crippen LogP contribution in [0.1, 0.15) is 26.7 Å². The van der Waals surface area contributed by atoms with E-state index in [-0.39, 0.29) is 33.7 Å². The van der Waals surface area contributed by atoms with E-state index in [1.165, 1.54) is 13.2 Å². The lowest BCUT2D eigenvalue weighted by Gasteiger charge is -2.08. The van der Waals surface area contributed by atoms with Crippen molar-refractivity contribution in [1.29, 1.82) is 0 Å². The lowest BCUT2D eigenvalue weighted by Crippen LogP contribution is -2.23. The number of ether oxygens (including phenoxy) is 1. The highest BCUT2D eigenvalue weighted by Gasteiger charge is 2.16. The number of benzene rings is 1. The largest absolute Gasteiger partial charge is 0.463 e. The molecule has 0 saturated heterocycles.